The third-order valence-electron chi connectivity index (χ3n) is 6.83. The number of nitrogens with one attached hydrogen (secondary N) is 2. The average molecular weight is 624 g/mol. The molecule has 238 valence electrons. The molecular formula is C33H37N9O4. The van der Waals surface area contributed by atoms with Crippen molar-refractivity contribution in [2.45, 2.75) is 39.7 Å². The summed E-state index contributed by atoms with van der Waals surface area (Å²) >= 11 is 0. The third kappa shape index (κ3) is 8.40. The molecule has 0 saturated carbocycles. The zero-order valence-electron chi connectivity index (χ0n) is 26.1. The van der Waals surface area contributed by atoms with E-state index in [1.165, 1.54) is 18.7 Å². The van der Waals surface area contributed by atoms with Crippen molar-refractivity contribution in [3.63, 3.8) is 0 Å². The first-order valence-corrected chi connectivity index (χ1v) is 14.8. The Balaban J connectivity index is 0.000000628. The van der Waals surface area contributed by atoms with Crippen LogP contribution in [0.25, 0.3) is 16.7 Å². The summed E-state index contributed by atoms with van der Waals surface area (Å²) in [5.74, 6) is 1.70. The van der Waals surface area contributed by atoms with Crippen LogP contribution in [-0.4, -0.2) is 70.6 Å². The van der Waals surface area contributed by atoms with Gasteiger partial charge in [-0.3, -0.25) is 4.79 Å². The number of hydrogen-bond acceptors (Lipinski definition) is 10. The van der Waals surface area contributed by atoms with E-state index in [1.807, 2.05) is 74.3 Å². The molecule has 13 heteroatoms. The van der Waals surface area contributed by atoms with Crippen LogP contribution in [0.5, 0.6) is 11.5 Å². The minimum atomic E-state index is -0.981. The maximum absolute atomic E-state index is 12.1. The molecule has 5 heterocycles. The van der Waals surface area contributed by atoms with Crippen molar-refractivity contribution in [3.05, 3.63) is 92.2 Å². The summed E-state index contributed by atoms with van der Waals surface area (Å²) in [4.78, 5) is 41.0. The van der Waals surface area contributed by atoms with Crippen LogP contribution in [0.15, 0.2) is 86.6 Å². The summed E-state index contributed by atoms with van der Waals surface area (Å²) in [5, 5.41) is 18.6. The zero-order valence-corrected chi connectivity index (χ0v) is 26.1. The first-order valence-electron chi connectivity index (χ1n) is 14.8. The Labute approximate surface area is 266 Å². The van der Waals surface area contributed by atoms with Gasteiger partial charge in [-0.05, 0) is 67.8 Å². The molecule has 1 unspecified atom stereocenters. The lowest BCUT2D eigenvalue weighted by Crippen LogP contribution is -2.44. The van der Waals surface area contributed by atoms with E-state index in [1.54, 1.807) is 4.52 Å². The molecule has 4 aromatic heterocycles. The minimum absolute atomic E-state index is 0.0454. The molecule has 1 fully saturated rings. The van der Waals surface area contributed by atoms with Crippen LogP contribution in [0.4, 0.5) is 17.3 Å². The summed E-state index contributed by atoms with van der Waals surface area (Å²) in [5.41, 5.74) is 3.89. The van der Waals surface area contributed by atoms with Crippen molar-refractivity contribution in [1.82, 2.24) is 34.4 Å². The second-order valence-corrected chi connectivity index (χ2v) is 9.93. The Morgan fingerprint density at radius 2 is 1.85 bits per heavy atom. The summed E-state index contributed by atoms with van der Waals surface area (Å²) in [6.07, 6.45) is 8.91. The van der Waals surface area contributed by atoms with Crippen LogP contribution in [0, 0.1) is 6.92 Å². The Morgan fingerprint density at radius 3 is 2.59 bits per heavy atom. The van der Waals surface area contributed by atoms with Gasteiger partial charge in [-0.2, -0.15) is 5.10 Å². The largest absolute Gasteiger partial charge is 0.478 e. The molecule has 0 aliphatic carbocycles. The molecule has 0 radical (unpaired) electrons. The van der Waals surface area contributed by atoms with Gasteiger partial charge >= 0.3 is 5.97 Å². The van der Waals surface area contributed by atoms with E-state index in [2.05, 4.69) is 43.8 Å². The van der Waals surface area contributed by atoms with Crippen molar-refractivity contribution >= 4 is 45.9 Å². The number of rotatable bonds is 8. The van der Waals surface area contributed by atoms with Gasteiger partial charge in [0.2, 0.25) is 5.91 Å². The number of hydrogen-bond donors (Lipinski definition) is 3. The Hall–Kier alpha value is -5.85. The van der Waals surface area contributed by atoms with E-state index in [-0.39, 0.29) is 11.9 Å². The summed E-state index contributed by atoms with van der Waals surface area (Å²) in [6.45, 7) is 13.9. The number of aromatic nitrogens is 6. The van der Waals surface area contributed by atoms with Crippen LogP contribution in [0.3, 0.4) is 0 Å². The highest BCUT2D eigenvalue weighted by Gasteiger charge is 2.22. The quantitative estimate of drug-likeness (QED) is 0.180. The molecule has 1 amide bonds. The lowest BCUT2D eigenvalue weighted by Gasteiger charge is -2.32. The number of carboxylic acid groups (broad SMARTS) is 1. The van der Waals surface area contributed by atoms with Crippen molar-refractivity contribution in [3.8, 4) is 11.5 Å². The second kappa shape index (κ2) is 15.7. The Bertz CT molecular complexity index is 1840. The molecule has 1 saturated heterocycles. The van der Waals surface area contributed by atoms with E-state index in [0.29, 0.717) is 35.1 Å². The number of piperidine rings is 1. The molecule has 6 rings (SSSR count). The van der Waals surface area contributed by atoms with Crippen molar-refractivity contribution in [2.24, 2.45) is 0 Å². The first kappa shape index (κ1) is 33.1. The zero-order chi connectivity index (χ0) is 33.1. The number of amides is 1. The number of carbonyl (C=O) groups excluding carboxylic acids is 1. The molecule has 5 aromatic rings. The summed E-state index contributed by atoms with van der Waals surface area (Å²) in [6, 6.07) is 13.5. The molecule has 1 aliphatic heterocycles. The molecular weight excluding hydrogens is 586 g/mol. The topological polar surface area (TPSA) is 160 Å². The standard InChI is InChI=1S/C28H27N9O2.C3H4O2.C2H6/c1-3-26(38)36-11-4-5-20(15-36)33-24-9-7-22-27(35-24)28(31-16-29-22)34-19-6-8-23(18(2)13-19)39-21-10-12-37-25(14-21)30-17-32-37;1-2-3(4)5;1-2/h3,6-10,12-14,16-17,20H,1,4-5,11,15H2,2H3,(H,33,35)(H,29,31,34);2H,1H2,(H,4,5);1-2H3. The Kier molecular flexibility index (Phi) is 11.3. The van der Waals surface area contributed by atoms with Crippen molar-refractivity contribution in [1.29, 1.82) is 0 Å². The van der Waals surface area contributed by atoms with Gasteiger partial charge in [0.1, 0.15) is 35.5 Å². The lowest BCUT2D eigenvalue weighted by atomic mass is 10.1. The van der Waals surface area contributed by atoms with Crippen LogP contribution in [-0.2, 0) is 9.59 Å². The number of ether oxygens (including phenoxy) is 1. The number of fused-ring (bicyclic) bond motifs is 2. The van der Waals surface area contributed by atoms with E-state index < -0.39 is 5.97 Å². The Morgan fingerprint density at radius 1 is 1.04 bits per heavy atom. The fourth-order valence-electron chi connectivity index (χ4n) is 4.71. The van der Waals surface area contributed by atoms with Gasteiger partial charge in [0.05, 0.1) is 5.52 Å². The maximum atomic E-state index is 12.1. The predicted octanol–water partition coefficient (Wildman–Crippen LogP) is 5.78. The number of likely N-dealkylation sites (tertiary alicyclic amines) is 1. The fraction of sp³-hybridized carbons (Fsp3) is 0.242. The van der Waals surface area contributed by atoms with Crippen LogP contribution in [0.2, 0.25) is 0 Å². The molecule has 1 atom stereocenters. The SMILES string of the molecule is C=CC(=O)N1CCCC(Nc2ccc3ncnc(Nc4ccc(Oc5ccn6ncnc6c5)c(C)c4)c3n2)C1.C=CC(=O)O.CC. The van der Waals surface area contributed by atoms with E-state index in [0.717, 1.165) is 48.0 Å². The van der Waals surface area contributed by atoms with Gasteiger partial charge in [0.25, 0.3) is 0 Å². The second-order valence-electron chi connectivity index (χ2n) is 9.93. The molecule has 3 N–H and O–H groups in total. The van der Waals surface area contributed by atoms with Gasteiger partial charge in [0.15, 0.2) is 11.5 Å². The molecule has 1 aromatic carbocycles. The number of aliphatic carboxylic acids is 1. The highest BCUT2D eigenvalue weighted by atomic mass is 16.5. The number of pyridine rings is 2. The number of aryl methyl sites for hydroxylation is 1. The average Bonchev–Trinajstić information content (AvgIpc) is 3.55. The minimum Gasteiger partial charge on any atom is -0.478 e. The molecule has 1 aliphatic rings. The summed E-state index contributed by atoms with van der Waals surface area (Å²) < 4.78 is 7.78. The van der Waals surface area contributed by atoms with Gasteiger partial charge in [-0.1, -0.05) is 27.0 Å². The molecule has 0 spiro atoms. The van der Waals surface area contributed by atoms with E-state index >= 15 is 0 Å². The smallest absolute Gasteiger partial charge is 0.327 e. The lowest BCUT2D eigenvalue weighted by molar-refractivity contribution is -0.131. The van der Waals surface area contributed by atoms with Crippen LogP contribution >= 0.6 is 0 Å². The molecule has 0 bridgehead atoms. The molecule has 46 heavy (non-hydrogen) atoms. The number of benzene rings is 1. The third-order valence-corrected chi connectivity index (χ3v) is 6.83. The summed E-state index contributed by atoms with van der Waals surface area (Å²) in [7, 11) is 0. The monoisotopic (exact) mass is 623 g/mol. The number of nitrogens with zero attached hydrogens (tertiary/aromatic N) is 7. The highest BCUT2D eigenvalue weighted by molar-refractivity contribution is 5.88. The number of anilines is 3. The molecule has 13 nitrogen and oxygen atoms in total. The van der Waals surface area contributed by atoms with Crippen molar-refractivity contribution in [2.75, 3.05) is 23.7 Å². The highest BCUT2D eigenvalue weighted by Crippen LogP contribution is 2.30. The van der Waals surface area contributed by atoms with Crippen LogP contribution < -0.4 is 15.4 Å². The van der Waals surface area contributed by atoms with Gasteiger partial charge < -0.3 is 25.4 Å². The van der Waals surface area contributed by atoms with Crippen LogP contribution in [0.1, 0.15) is 32.3 Å². The first-order chi connectivity index (χ1) is 22.3. The fourth-order valence-corrected chi connectivity index (χ4v) is 4.71. The number of carbonyl (C=O) groups is 2. The normalized spacial score (nSPS) is 13.8. The van der Waals surface area contributed by atoms with Gasteiger partial charge in [-0.25, -0.2) is 29.2 Å². The van der Waals surface area contributed by atoms with Gasteiger partial charge in [-0.15, -0.1) is 0 Å². The van der Waals surface area contributed by atoms with Gasteiger partial charge in [0, 0.05) is 43.2 Å². The van der Waals surface area contributed by atoms with E-state index in [4.69, 9.17) is 14.8 Å². The number of carboxylic acids is 1. The van der Waals surface area contributed by atoms with E-state index in [9.17, 15) is 9.59 Å². The maximum Gasteiger partial charge on any atom is 0.327 e. The predicted molar refractivity (Wildman–Crippen MR) is 177 cm³/mol. The van der Waals surface area contributed by atoms with Crippen molar-refractivity contribution < 1.29 is 19.4 Å².